The lowest BCUT2D eigenvalue weighted by Gasteiger charge is -2.03. The van der Waals surface area contributed by atoms with E-state index >= 15 is 0 Å². The first-order valence-corrected chi connectivity index (χ1v) is 7.33. The third-order valence-corrected chi connectivity index (χ3v) is 2.90. The van der Waals surface area contributed by atoms with Crippen LogP contribution in [0.4, 0.5) is 11.5 Å². The number of nitro groups is 1. The van der Waals surface area contributed by atoms with Gasteiger partial charge in [-0.25, -0.2) is 0 Å². The van der Waals surface area contributed by atoms with Gasteiger partial charge >= 0.3 is 0 Å². The molecule has 0 aliphatic heterocycles. The average molecular weight is 301 g/mol. The largest absolute Gasteiger partial charge is 0.364 e. The zero-order valence-corrected chi connectivity index (χ0v) is 14.0. The summed E-state index contributed by atoms with van der Waals surface area (Å²) in [5, 5.41) is 10.7. The van der Waals surface area contributed by atoms with Crippen LogP contribution in [0.3, 0.4) is 0 Å². The molecule has 0 N–H and O–H groups in total. The van der Waals surface area contributed by atoms with Crippen molar-refractivity contribution < 1.29 is 4.92 Å². The number of benzene rings is 1. The highest BCUT2D eigenvalue weighted by atomic mass is 16.6. The van der Waals surface area contributed by atoms with E-state index in [1.807, 2.05) is 33.8 Å². The van der Waals surface area contributed by atoms with Crippen LogP contribution in [0.5, 0.6) is 0 Å². The average Bonchev–Trinajstić information content (AvgIpc) is 2.91. The van der Waals surface area contributed by atoms with Gasteiger partial charge in [-0.1, -0.05) is 34.3 Å². The van der Waals surface area contributed by atoms with E-state index in [9.17, 15) is 10.1 Å². The highest BCUT2D eigenvalue weighted by molar-refractivity contribution is 5.67. The SMILES string of the molecule is CC.CC.[C-]#[N+]c1ccc(-c2ccc([N+](=O)[O-])c(C)c2)n1C. The van der Waals surface area contributed by atoms with Gasteiger partial charge in [-0.15, -0.1) is 0 Å². The molecule has 1 aromatic carbocycles. The summed E-state index contributed by atoms with van der Waals surface area (Å²) in [4.78, 5) is 13.7. The van der Waals surface area contributed by atoms with Crippen LogP contribution in [0.25, 0.3) is 16.1 Å². The van der Waals surface area contributed by atoms with Crippen molar-refractivity contribution in [2.24, 2.45) is 7.05 Å². The van der Waals surface area contributed by atoms with Gasteiger partial charge in [0.25, 0.3) is 5.69 Å². The number of nitrogens with zero attached hydrogens (tertiary/aromatic N) is 3. The molecule has 0 spiro atoms. The molecule has 0 aliphatic rings. The summed E-state index contributed by atoms with van der Waals surface area (Å²) in [6.45, 7) is 16.7. The molecule has 2 rings (SSSR count). The second-order valence-electron chi connectivity index (χ2n) is 4.01. The number of nitro benzene ring substituents is 1. The van der Waals surface area contributed by atoms with E-state index in [0.717, 1.165) is 11.3 Å². The molecule has 0 unspecified atom stereocenters. The number of hydrogen-bond acceptors (Lipinski definition) is 2. The number of aryl methyl sites for hydroxylation is 1. The Balaban J connectivity index is 0.00000102. The van der Waals surface area contributed by atoms with Gasteiger partial charge in [0, 0.05) is 17.2 Å². The number of aromatic nitrogens is 1. The van der Waals surface area contributed by atoms with E-state index in [1.54, 1.807) is 36.7 Å². The summed E-state index contributed by atoms with van der Waals surface area (Å²) in [5.74, 6) is 0.543. The van der Waals surface area contributed by atoms with Gasteiger partial charge in [0.15, 0.2) is 0 Å². The predicted molar refractivity (Wildman–Crippen MR) is 91.2 cm³/mol. The summed E-state index contributed by atoms with van der Waals surface area (Å²) in [5.41, 5.74) is 2.47. The third kappa shape index (κ3) is 4.19. The van der Waals surface area contributed by atoms with Crippen LogP contribution in [0.2, 0.25) is 0 Å². The molecular weight excluding hydrogens is 278 g/mol. The van der Waals surface area contributed by atoms with Gasteiger partial charge in [-0.2, -0.15) is 0 Å². The zero-order valence-electron chi connectivity index (χ0n) is 14.0. The Kier molecular flexibility index (Phi) is 8.24. The Hall–Kier alpha value is -2.61. The van der Waals surface area contributed by atoms with Crippen LogP contribution < -0.4 is 0 Å². The van der Waals surface area contributed by atoms with Crippen molar-refractivity contribution in [3.63, 3.8) is 0 Å². The first-order valence-electron chi connectivity index (χ1n) is 7.33. The molecule has 0 radical (unpaired) electrons. The Morgan fingerprint density at radius 2 is 1.73 bits per heavy atom. The minimum Gasteiger partial charge on any atom is -0.364 e. The number of rotatable bonds is 2. The predicted octanol–water partition coefficient (Wildman–Crippen LogP) is 5.51. The van der Waals surface area contributed by atoms with Gasteiger partial charge in [-0.3, -0.25) is 14.7 Å². The van der Waals surface area contributed by atoms with Crippen molar-refractivity contribution in [3.8, 4) is 11.3 Å². The Bertz CT molecular complexity index is 667. The summed E-state index contributed by atoms with van der Waals surface area (Å²) in [6.07, 6.45) is 0. The summed E-state index contributed by atoms with van der Waals surface area (Å²) >= 11 is 0. The van der Waals surface area contributed by atoms with E-state index in [2.05, 4.69) is 4.85 Å². The number of hydrogen-bond donors (Lipinski definition) is 0. The fourth-order valence-corrected chi connectivity index (χ4v) is 1.92. The van der Waals surface area contributed by atoms with Crippen LogP contribution in [0, 0.1) is 23.6 Å². The summed E-state index contributed by atoms with van der Waals surface area (Å²) < 4.78 is 1.77. The molecular formula is C17H23N3O2. The van der Waals surface area contributed by atoms with Crippen molar-refractivity contribution in [3.05, 3.63) is 57.4 Å². The molecule has 0 bridgehead atoms. The van der Waals surface area contributed by atoms with Crippen molar-refractivity contribution in [1.82, 2.24) is 4.57 Å². The molecule has 22 heavy (non-hydrogen) atoms. The maximum Gasteiger partial charge on any atom is 0.272 e. The van der Waals surface area contributed by atoms with Gasteiger partial charge in [0.05, 0.1) is 12.0 Å². The Morgan fingerprint density at radius 1 is 1.14 bits per heavy atom. The molecule has 0 aliphatic carbocycles. The van der Waals surface area contributed by atoms with E-state index in [1.165, 1.54) is 6.07 Å². The van der Waals surface area contributed by atoms with Gasteiger partial charge in [-0.05, 0) is 31.2 Å². The summed E-state index contributed by atoms with van der Waals surface area (Å²) in [7, 11) is 1.81. The summed E-state index contributed by atoms with van der Waals surface area (Å²) in [6, 6.07) is 8.54. The van der Waals surface area contributed by atoms with Crippen molar-refractivity contribution in [2.75, 3.05) is 0 Å². The fraction of sp³-hybridized carbons (Fsp3) is 0.353. The van der Waals surface area contributed by atoms with E-state index in [0.29, 0.717) is 11.4 Å². The van der Waals surface area contributed by atoms with E-state index < -0.39 is 4.92 Å². The standard InChI is InChI=1S/C13H11N3O2.2C2H6/c1-9-8-10(4-5-11(9)16(17)18)12-6-7-13(14-2)15(12)3;2*1-2/h4-8H,1,3H3;2*1-2H3. The second kappa shape index (κ2) is 9.35. The lowest BCUT2D eigenvalue weighted by atomic mass is 10.1. The first kappa shape index (κ1) is 19.4. The van der Waals surface area contributed by atoms with E-state index in [-0.39, 0.29) is 5.69 Å². The normalized spacial score (nSPS) is 8.77. The lowest BCUT2D eigenvalue weighted by molar-refractivity contribution is -0.385. The quantitative estimate of drug-likeness (QED) is 0.417. The minimum atomic E-state index is -0.394. The smallest absolute Gasteiger partial charge is 0.272 e. The molecule has 1 heterocycles. The molecule has 0 saturated carbocycles. The Labute approximate surface area is 132 Å². The van der Waals surface area contributed by atoms with Crippen LogP contribution in [0.15, 0.2) is 30.3 Å². The van der Waals surface area contributed by atoms with Crippen LogP contribution in [-0.4, -0.2) is 9.49 Å². The molecule has 0 saturated heterocycles. The lowest BCUT2D eigenvalue weighted by Crippen LogP contribution is -1.94. The maximum atomic E-state index is 10.7. The molecule has 5 nitrogen and oxygen atoms in total. The molecule has 0 fully saturated rings. The van der Waals surface area contributed by atoms with E-state index in [4.69, 9.17) is 6.57 Å². The highest BCUT2D eigenvalue weighted by Gasteiger charge is 2.14. The monoisotopic (exact) mass is 301 g/mol. The molecule has 118 valence electrons. The van der Waals surface area contributed by atoms with Gasteiger partial charge < -0.3 is 4.85 Å². The molecule has 2 aromatic rings. The van der Waals surface area contributed by atoms with Crippen molar-refractivity contribution in [1.29, 1.82) is 0 Å². The zero-order chi connectivity index (χ0) is 17.3. The van der Waals surface area contributed by atoms with Crippen molar-refractivity contribution >= 4 is 11.5 Å². The maximum absolute atomic E-state index is 10.7. The minimum absolute atomic E-state index is 0.110. The molecule has 0 atom stereocenters. The third-order valence-electron chi connectivity index (χ3n) is 2.90. The first-order chi connectivity index (χ1) is 10.5. The van der Waals surface area contributed by atoms with Crippen LogP contribution >= 0.6 is 0 Å². The van der Waals surface area contributed by atoms with Crippen molar-refractivity contribution in [2.45, 2.75) is 34.6 Å². The van der Waals surface area contributed by atoms with Gasteiger partial charge in [0.1, 0.15) is 5.69 Å². The van der Waals surface area contributed by atoms with Crippen LogP contribution in [0.1, 0.15) is 33.3 Å². The van der Waals surface area contributed by atoms with Gasteiger partial charge in [0.2, 0.25) is 5.82 Å². The highest BCUT2D eigenvalue weighted by Crippen LogP contribution is 2.29. The fourth-order valence-electron chi connectivity index (χ4n) is 1.92. The second-order valence-corrected chi connectivity index (χ2v) is 4.01. The molecule has 1 aromatic heterocycles. The Morgan fingerprint density at radius 3 is 2.14 bits per heavy atom. The molecule has 5 heteroatoms. The van der Waals surface area contributed by atoms with Crippen LogP contribution in [-0.2, 0) is 7.05 Å². The topological polar surface area (TPSA) is 52.4 Å². The molecule has 0 amide bonds.